The molecular formula is C15H15ClFN. The molecule has 0 heterocycles. The first-order valence-electron chi connectivity index (χ1n) is 5.81. The Hall–Kier alpha value is -1.54. The minimum Gasteiger partial charge on any atom is -0.370 e. The van der Waals surface area contributed by atoms with Crippen LogP contribution < -0.4 is 4.90 Å². The summed E-state index contributed by atoms with van der Waals surface area (Å²) in [7, 11) is 1.94. The zero-order chi connectivity index (χ0) is 13.0. The van der Waals surface area contributed by atoms with Gasteiger partial charge in [0.15, 0.2) is 0 Å². The third-order valence-corrected chi connectivity index (χ3v) is 3.17. The van der Waals surface area contributed by atoms with Gasteiger partial charge >= 0.3 is 0 Å². The van der Waals surface area contributed by atoms with E-state index in [2.05, 4.69) is 12.1 Å². The van der Waals surface area contributed by atoms with Crippen LogP contribution >= 0.6 is 11.6 Å². The van der Waals surface area contributed by atoms with Crippen LogP contribution in [0.5, 0.6) is 0 Å². The minimum atomic E-state index is -0.248. The molecule has 0 saturated carbocycles. The number of hydrogen-bond acceptors (Lipinski definition) is 1. The summed E-state index contributed by atoms with van der Waals surface area (Å²) in [4.78, 5) is 2.01. The molecule has 2 aromatic rings. The summed E-state index contributed by atoms with van der Waals surface area (Å²) in [5.41, 5.74) is 2.58. The normalized spacial score (nSPS) is 10.4. The molecule has 2 aromatic carbocycles. The molecular weight excluding hydrogens is 249 g/mol. The minimum absolute atomic E-state index is 0.182. The van der Waals surface area contributed by atoms with Gasteiger partial charge in [-0.15, -0.1) is 11.6 Å². The Balaban J connectivity index is 2.24. The summed E-state index contributed by atoms with van der Waals surface area (Å²) in [6.07, 6.45) is 0. The van der Waals surface area contributed by atoms with Crippen molar-refractivity contribution in [3.05, 3.63) is 65.5 Å². The first kappa shape index (κ1) is 12.9. The Bertz CT molecular complexity index is 513. The van der Waals surface area contributed by atoms with Gasteiger partial charge in [-0.2, -0.15) is 0 Å². The van der Waals surface area contributed by atoms with Crippen LogP contribution in [-0.4, -0.2) is 7.05 Å². The second-order valence-electron chi connectivity index (χ2n) is 4.21. The van der Waals surface area contributed by atoms with E-state index in [0.29, 0.717) is 5.56 Å². The van der Waals surface area contributed by atoms with Crippen LogP contribution in [0.1, 0.15) is 11.1 Å². The van der Waals surface area contributed by atoms with Crippen molar-refractivity contribution in [3.63, 3.8) is 0 Å². The predicted molar refractivity (Wildman–Crippen MR) is 74.5 cm³/mol. The van der Waals surface area contributed by atoms with Crippen LogP contribution in [0.4, 0.5) is 10.1 Å². The second kappa shape index (κ2) is 5.87. The first-order chi connectivity index (χ1) is 8.72. The molecule has 3 heteroatoms. The number of halogens is 2. The Kier molecular flexibility index (Phi) is 4.21. The monoisotopic (exact) mass is 263 g/mol. The van der Waals surface area contributed by atoms with Crippen molar-refractivity contribution in [2.24, 2.45) is 0 Å². The summed E-state index contributed by atoms with van der Waals surface area (Å²) in [6, 6.07) is 15.1. The van der Waals surface area contributed by atoms with Crippen LogP contribution in [0.2, 0.25) is 0 Å². The smallest absolute Gasteiger partial charge is 0.129 e. The van der Waals surface area contributed by atoms with Gasteiger partial charge in [0, 0.05) is 24.8 Å². The zero-order valence-electron chi connectivity index (χ0n) is 10.2. The first-order valence-corrected chi connectivity index (χ1v) is 6.34. The topological polar surface area (TPSA) is 3.24 Å². The molecule has 0 atom stereocenters. The van der Waals surface area contributed by atoms with E-state index in [4.69, 9.17) is 11.6 Å². The van der Waals surface area contributed by atoms with Gasteiger partial charge in [0.05, 0.1) is 5.88 Å². The van der Waals surface area contributed by atoms with Crippen LogP contribution in [0.3, 0.4) is 0 Å². The number of benzene rings is 2. The van der Waals surface area contributed by atoms with Gasteiger partial charge in [-0.3, -0.25) is 0 Å². The molecule has 0 spiro atoms. The maximum atomic E-state index is 13.6. The average Bonchev–Trinajstić information content (AvgIpc) is 2.39. The molecule has 0 fully saturated rings. The second-order valence-corrected chi connectivity index (χ2v) is 4.48. The third kappa shape index (κ3) is 2.82. The molecule has 2 rings (SSSR count). The number of nitrogens with zero attached hydrogens (tertiary/aromatic N) is 1. The lowest BCUT2D eigenvalue weighted by atomic mass is 10.1. The predicted octanol–water partition coefficient (Wildman–Crippen LogP) is 4.20. The van der Waals surface area contributed by atoms with E-state index in [1.54, 1.807) is 6.07 Å². The Morgan fingerprint density at radius 2 is 1.78 bits per heavy atom. The van der Waals surface area contributed by atoms with Gasteiger partial charge in [0.25, 0.3) is 0 Å². The summed E-state index contributed by atoms with van der Waals surface area (Å²) >= 11 is 5.82. The molecule has 0 aliphatic carbocycles. The van der Waals surface area contributed by atoms with Crippen LogP contribution in [0.15, 0.2) is 48.5 Å². The Morgan fingerprint density at radius 1 is 1.06 bits per heavy atom. The molecule has 0 N–H and O–H groups in total. The molecule has 94 valence electrons. The number of alkyl halides is 1. The van der Waals surface area contributed by atoms with E-state index in [9.17, 15) is 4.39 Å². The van der Waals surface area contributed by atoms with E-state index in [-0.39, 0.29) is 11.7 Å². The van der Waals surface area contributed by atoms with Gasteiger partial charge in [-0.25, -0.2) is 4.39 Å². The van der Waals surface area contributed by atoms with Gasteiger partial charge in [-0.1, -0.05) is 36.4 Å². The van der Waals surface area contributed by atoms with E-state index in [1.807, 2.05) is 36.2 Å². The Labute approximate surface area is 112 Å². The average molecular weight is 264 g/mol. The summed E-state index contributed by atoms with van der Waals surface area (Å²) in [5, 5.41) is 0. The van der Waals surface area contributed by atoms with Gasteiger partial charge in [0.2, 0.25) is 0 Å². The molecule has 0 bridgehead atoms. The molecule has 0 amide bonds. The highest BCUT2D eigenvalue weighted by Gasteiger charge is 2.11. The van der Waals surface area contributed by atoms with Crippen molar-refractivity contribution in [3.8, 4) is 0 Å². The lowest BCUT2D eigenvalue weighted by Crippen LogP contribution is -2.18. The van der Waals surface area contributed by atoms with E-state index in [1.165, 1.54) is 11.6 Å². The SMILES string of the molecule is CN(Cc1ccccc1)c1cccc(F)c1CCl. The maximum Gasteiger partial charge on any atom is 0.129 e. The van der Waals surface area contributed by atoms with Gasteiger partial charge < -0.3 is 4.90 Å². The molecule has 0 radical (unpaired) electrons. The van der Waals surface area contributed by atoms with Crippen LogP contribution in [0.25, 0.3) is 0 Å². The largest absolute Gasteiger partial charge is 0.370 e. The fraction of sp³-hybridized carbons (Fsp3) is 0.200. The summed E-state index contributed by atoms with van der Waals surface area (Å²) < 4.78 is 13.6. The van der Waals surface area contributed by atoms with E-state index in [0.717, 1.165) is 12.2 Å². The van der Waals surface area contributed by atoms with Crippen LogP contribution in [-0.2, 0) is 12.4 Å². The Morgan fingerprint density at radius 3 is 2.44 bits per heavy atom. The van der Waals surface area contributed by atoms with E-state index < -0.39 is 0 Å². The van der Waals surface area contributed by atoms with Crippen molar-refractivity contribution in [1.29, 1.82) is 0 Å². The highest BCUT2D eigenvalue weighted by molar-refractivity contribution is 6.17. The van der Waals surface area contributed by atoms with Crippen molar-refractivity contribution >= 4 is 17.3 Å². The van der Waals surface area contributed by atoms with Gasteiger partial charge in [0.1, 0.15) is 5.82 Å². The number of hydrogen-bond donors (Lipinski definition) is 0. The molecule has 0 aromatic heterocycles. The molecule has 18 heavy (non-hydrogen) atoms. The standard InChI is InChI=1S/C15H15ClFN/c1-18(11-12-6-3-2-4-7-12)15-9-5-8-14(17)13(15)10-16/h2-9H,10-11H2,1H3. The number of rotatable bonds is 4. The molecule has 0 aliphatic rings. The highest BCUT2D eigenvalue weighted by Crippen LogP contribution is 2.25. The van der Waals surface area contributed by atoms with Crippen molar-refractivity contribution in [2.45, 2.75) is 12.4 Å². The highest BCUT2D eigenvalue weighted by atomic mass is 35.5. The summed E-state index contributed by atoms with van der Waals surface area (Å²) in [5.74, 6) is -0.0661. The maximum absolute atomic E-state index is 13.6. The molecule has 0 saturated heterocycles. The fourth-order valence-electron chi connectivity index (χ4n) is 1.98. The molecule has 0 aliphatic heterocycles. The molecule has 1 nitrogen and oxygen atoms in total. The lowest BCUT2D eigenvalue weighted by molar-refractivity contribution is 0.616. The number of anilines is 1. The van der Waals surface area contributed by atoms with Gasteiger partial charge in [-0.05, 0) is 17.7 Å². The third-order valence-electron chi connectivity index (χ3n) is 2.90. The quantitative estimate of drug-likeness (QED) is 0.748. The molecule has 0 unspecified atom stereocenters. The van der Waals surface area contributed by atoms with Crippen LogP contribution in [0, 0.1) is 5.82 Å². The van der Waals surface area contributed by atoms with Crippen molar-refractivity contribution < 1.29 is 4.39 Å². The zero-order valence-corrected chi connectivity index (χ0v) is 11.0. The van der Waals surface area contributed by atoms with E-state index >= 15 is 0 Å². The van der Waals surface area contributed by atoms with Crippen molar-refractivity contribution in [1.82, 2.24) is 0 Å². The fourth-order valence-corrected chi connectivity index (χ4v) is 2.24. The lowest BCUT2D eigenvalue weighted by Gasteiger charge is -2.22. The summed E-state index contributed by atoms with van der Waals surface area (Å²) in [6.45, 7) is 0.730. The van der Waals surface area contributed by atoms with Crippen molar-refractivity contribution in [2.75, 3.05) is 11.9 Å².